The fraction of sp³-hybridized carbons (Fsp3) is 0.120. The number of rotatable bonds is 4. The van der Waals surface area contributed by atoms with Gasteiger partial charge >= 0.3 is 5.69 Å². The van der Waals surface area contributed by atoms with Gasteiger partial charge in [-0.3, -0.25) is 4.98 Å². The molecule has 170 valence electrons. The van der Waals surface area contributed by atoms with Crippen molar-refractivity contribution in [2.45, 2.75) is 20.4 Å². The molecule has 0 saturated heterocycles. The summed E-state index contributed by atoms with van der Waals surface area (Å²) in [5, 5.41) is 4.47. The standard InChI is InChI=1S/C25H20F2N6O/c1-14-11-17(12-15(2)29-14)21-22(16-7-4-3-5-8-16)30-24(28)33-23(21)31-32(25(33)34)13-18-19(26)9-6-10-20(18)27/h3-12H,13H2,1-2H3,(H2,28,30). The van der Waals surface area contributed by atoms with Crippen molar-refractivity contribution in [1.29, 1.82) is 0 Å². The topological polar surface area (TPSA) is 91.1 Å². The van der Waals surface area contributed by atoms with Gasteiger partial charge in [0, 0.05) is 22.5 Å². The molecule has 0 atom stereocenters. The average molecular weight is 458 g/mol. The highest BCUT2D eigenvalue weighted by molar-refractivity contribution is 5.90. The molecule has 5 rings (SSSR count). The molecule has 9 heteroatoms. The number of nitrogens with zero attached hydrogens (tertiary/aromatic N) is 5. The summed E-state index contributed by atoms with van der Waals surface area (Å²) in [6.07, 6.45) is 0. The van der Waals surface area contributed by atoms with Crippen LogP contribution in [0.2, 0.25) is 0 Å². The molecule has 7 nitrogen and oxygen atoms in total. The molecule has 0 unspecified atom stereocenters. The Labute approximate surface area is 193 Å². The molecule has 3 aromatic heterocycles. The van der Waals surface area contributed by atoms with Gasteiger partial charge in [-0.05, 0) is 43.7 Å². The van der Waals surface area contributed by atoms with Gasteiger partial charge in [-0.1, -0.05) is 36.4 Å². The molecule has 0 saturated carbocycles. The van der Waals surface area contributed by atoms with E-state index in [1.54, 1.807) is 0 Å². The van der Waals surface area contributed by atoms with Gasteiger partial charge in [-0.2, -0.15) is 0 Å². The lowest BCUT2D eigenvalue weighted by molar-refractivity contribution is 0.528. The smallest absolute Gasteiger partial charge is 0.353 e. The van der Waals surface area contributed by atoms with Crippen LogP contribution in [0.3, 0.4) is 0 Å². The number of hydrogen-bond acceptors (Lipinski definition) is 5. The van der Waals surface area contributed by atoms with Crippen molar-refractivity contribution in [3.8, 4) is 22.4 Å². The van der Waals surface area contributed by atoms with Crippen LogP contribution in [0.1, 0.15) is 17.0 Å². The molecule has 5 aromatic rings. The first-order valence-corrected chi connectivity index (χ1v) is 10.6. The van der Waals surface area contributed by atoms with Crippen molar-refractivity contribution in [2.24, 2.45) is 0 Å². The number of nitrogens with two attached hydrogens (primary N) is 1. The number of aromatic nitrogens is 5. The lowest BCUT2D eigenvalue weighted by atomic mass is 9.99. The molecule has 0 radical (unpaired) electrons. The number of fused-ring (bicyclic) bond motifs is 1. The Balaban J connectivity index is 1.83. The maximum atomic E-state index is 14.3. The number of hydrogen-bond donors (Lipinski definition) is 1. The lowest BCUT2D eigenvalue weighted by Crippen LogP contribution is -2.24. The van der Waals surface area contributed by atoms with Crippen LogP contribution in [-0.2, 0) is 6.54 Å². The van der Waals surface area contributed by atoms with Gasteiger partial charge < -0.3 is 5.73 Å². The summed E-state index contributed by atoms with van der Waals surface area (Å²) in [5.74, 6) is -1.60. The summed E-state index contributed by atoms with van der Waals surface area (Å²) in [6, 6.07) is 16.7. The molecule has 34 heavy (non-hydrogen) atoms. The van der Waals surface area contributed by atoms with Crippen LogP contribution in [0.4, 0.5) is 14.7 Å². The van der Waals surface area contributed by atoms with Crippen molar-refractivity contribution in [2.75, 3.05) is 5.73 Å². The zero-order valence-corrected chi connectivity index (χ0v) is 18.5. The van der Waals surface area contributed by atoms with E-state index in [1.807, 2.05) is 56.3 Å². The Morgan fingerprint density at radius 2 is 1.53 bits per heavy atom. The van der Waals surface area contributed by atoms with Crippen LogP contribution in [-0.4, -0.2) is 24.1 Å². The normalized spacial score (nSPS) is 11.3. The molecular formula is C25H20F2N6O. The quantitative estimate of drug-likeness (QED) is 0.437. The molecule has 0 bridgehead atoms. The van der Waals surface area contributed by atoms with Gasteiger partial charge in [0.05, 0.1) is 17.8 Å². The van der Waals surface area contributed by atoms with Gasteiger partial charge in [0.15, 0.2) is 5.65 Å². The van der Waals surface area contributed by atoms with E-state index >= 15 is 0 Å². The molecule has 2 N–H and O–H groups in total. The maximum absolute atomic E-state index is 14.3. The lowest BCUT2D eigenvalue weighted by Gasteiger charge is -2.13. The first-order valence-electron chi connectivity index (χ1n) is 10.6. The molecule has 0 spiro atoms. The zero-order valence-electron chi connectivity index (χ0n) is 18.5. The fourth-order valence-corrected chi connectivity index (χ4v) is 4.09. The Morgan fingerprint density at radius 1 is 0.882 bits per heavy atom. The number of pyridine rings is 1. The van der Waals surface area contributed by atoms with Gasteiger partial charge in [0.25, 0.3) is 0 Å². The minimum Gasteiger partial charge on any atom is -0.369 e. The number of anilines is 1. The maximum Gasteiger partial charge on any atom is 0.353 e. The third-order valence-electron chi connectivity index (χ3n) is 5.54. The summed E-state index contributed by atoms with van der Waals surface area (Å²) in [4.78, 5) is 22.2. The third kappa shape index (κ3) is 3.61. The minimum atomic E-state index is -0.763. The fourth-order valence-electron chi connectivity index (χ4n) is 4.09. The van der Waals surface area contributed by atoms with E-state index in [1.165, 1.54) is 6.07 Å². The molecule has 3 heterocycles. The molecule has 0 aliphatic heterocycles. The van der Waals surface area contributed by atoms with Crippen LogP contribution in [0.25, 0.3) is 28.0 Å². The molecular weight excluding hydrogens is 438 g/mol. The van der Waals surface area contributed by atoms with Crippen molar-refractivity contribution in [3.63, 3.8) is 0 Å². The second-order valence-electron chi connectivity index (χ2n) is 8.00. The van der Waals surface area contributed by atoms with Crippen LogP contribution in [0.5, 0.6) is 0 Å². The molecule has 2 aromatic carbocycles. The highest BCUT2D eigenvalue weighted by Gasteiger charge is 2.23. The first-order chi connectivity index (χ1) is 16.3. The van der Waals surface area contributed by atoms with E-state index in [0.29, 0.717) is 11.3 Å². The van der Waals surface area contributed by atoms with Crippen molar-refractivity contribution in [3.05, 3.63) is 99.7 Å². The monoisotopic (exact) mass is 458 g/mol. The van der Waals surface area contributed by atoms with Gasteiger partial charge in [0.2, 0.25) is 5.95 Å². The average Bonchev–Trinajstić information content (AvgIpc) is 3.12. The molecule has 0 aliphatic carbocycles. The Kier molecular flexibility index (Phi) is 5.16. The predicted molar refractivity (Wildman–Crippen MR) is 125 cm³/mol. The summed E-state index contributed by atoms with van der Waals surface area (Å²) >= 11 is 0. The van der Waals surface area contributed by atoms with E-state index in [0.717, 1.165) is 43.7 Å². The van der Waals surface area contributed by atoms with E-state index < -0.39 is 23.9 Å². The van der Waals surface area contributed by atoms with Crippen LogP contribution < -0.4 is 11.4 Å². The first kappa shape index (κ1) is 21.4. The van der Waals surface area contributed by atoms with Crippen molar-refractivity contribution in [1.82, 2.24) is 24.1 Å². The highest BCUT2D eigenvalue weighted by atomic mass is 19.1. The number of aryl methyl sites for hydroxylation is 2. The number of benzene rings is 2. The van der Waals surface area contributed by atoms with Gasteiger partial charge in [0.1, 0.15) is 11.6 Å². The SMILES string of the molecule is Cc1cc(-c2c(-c3ccccc3)nc(N)n3c(=O)n(Cc4c(F)cccc4F)nc23)cc(C)n1. The largest absolute Gasteiger partial charge is 0.369 e. The molecule has 0 amide bonds. The van der Waals surface area contributed by atoms with E-state index in [4.69, 9.17) is 5.73 Å². The minimum absolute atomic E-state index is 0.0784. The second kappa shape index (κ2) is 8.18. The van der Waals surface area contributed by atoms with Crippen LogP contribution in [0.15, 0.2) is 65.5 Å². The summed E-state index contributed by atoms with van der Waals surface area (Å²) < 4.78 is 30.7. The van der Waals surface area contributed by atoms with E-state index in [-0.39, 0.29) is 17.2 Å². The van der Waals surface area contributed by atoms with E-state index in [2.05, 4.69) is 15.1 Å². The van der Waals surface area contributed by atoms with Crippen molar-refractivity contribution >= 4 is 11.6 Å². The summed E-state index contributed by atoms with van der Waals surface area (Å²) in [5.41, 5.74) is 9.71. The van der Waals surface area contributed by atoms with E-state index in [9.17, 15) is 13.6 Å². The summed E-state index contributed by atoms with van der Waals surface area (Å²) in [6.45, 7) is 3.34. The van der Waals surface area contributed by atoms with Crippen molar-refractivity contribution < 1.29 is 8.78 Å². The Bertz CT molecular complexity index is 1570. The zero-order chi connectivity index (χ0) is 24.0. The third-order valence-corrected chi connectivity index (χ3v) is 5.54. The molecule has 0 fully saturated rings. The van der Waals surface area contributed by atoms with Crippen LogP contribution >= 0.6 is 0 Å². The summed E-state index contributed by atoms with van der Waals surface area (Å²) in [7, 11) is 0. The van der Waals surface area contributed by atoms with Crippen LogP contribution in [0, 0.1) is 25.5 Å². The Hall–Kier alpha value is -4.40. The number of nitrogen functional groups attached to an aromatic ring is 1. The van der Waals surface area contributed by atoms with Gasteiger partial charge in [-0.15, -0.1) is 5.10 Å². The highest BCUT2D eigenvalue weighted by Crippen LogP contribution is 2.34. The number of halogens is 2. The van der Waals surface area contributed by atoms with Gasteiger partial charge in [-0.25, -0.2) is 27.6 Å². The molecule has 0 aliphatic rings. The second-order valence-corrected chi connectivity index (χ2v) is 8.00. The Morgan fingerprint density at radius 3 is 2.18 bits per heavy atom. The predicted octanol–water partition coefficient (Wildman–Crippen LogP) is 4.15.